The summed E-state index contributed by atoms with van der Waals surface area (Å²) in [6.07, 6.45) is 3.66. The van der Waals surface area contributed by atoms with Gasteiger partial charge < -0.3 is 9.15 Å². The van der Waals surface area contributed by atoms with E-state index in [0.717, 1.165) is 18.2 Å². The summed E-state index contributed by atoms with van der Waals surface area (Å²) in [4.78, 5) is 24.4. The predicted molar refractivity (Wildman–Crippen MR) is 75.6 cm³/mol. The number of carbonyl (C=O) groups is 2. The third-order valence-electron chi connectivity index (χ3n) is 3.39. The van der Waals surface area contributed by atoms with Crippen LogP contribution in [0.4, 0.5) is 0 Å². The first-order chi connectivity index (χ1) is 9.69. The van der Waals surface area contributed by atoms with Crippen molar-refractivity contribution in [3.8, 4) is 0 Å². The Bertz CT molecular complexity index is 612. The van der Waals surface area contributed by atoms with Crippen molar-refractivity contribution in [2.45, 2.75) is 26.2 Å². The summed E-state index contributed by atoms with van der Waals surface area (Å²) < 4.78 is 10.1. The van der Waals surface area contributed by atoms with Gasteiger partial charge in [0.2, 0.25) is 0 Å². The fourth-order valence-corrected chi connectivity index (χ4v) is 2.26. The molecule has 20 heavy (non-hydrogen) atoms. The van der Waals surface area contributed by atoms with Gasteiger partial charge in [0.05, 0.1) is 12.7 Å². The predicted octanol–water partition coefficient (Wildman–Crippen LogP) is 3.59. The van der Waals surface area contributed by atoms with Crippen LogP contribution in [0.5, 0.6) is 0 Å². The van der Waals surface area contributed by atoms with Crippen LogP contribution in [0.15, 0.2) is 34.9 Å². The molecule has 1 aromatic heterocycles. The average molecular weight is 274 g/mol. The summed E-state index contributed by atoms with van der Waals surface area (Å²) in [5.74, 6) is -1.45. The second-order valence-corrected chi connectivity index (χ2v) is 4.73. The summed E-state index contributed by atoms with van der Waals surface area (Å²) in [7, 11) is 1.31. The van der Waals surface area contributed by atoms with E-state index in [1.165, 1.54) is 13.4 Å². The van der Waals surface area contributed by atoms with Gasteiger partial charge >= 0.3 is 5.97 Å². The molecule has 106 valence electrons. The van der Waals surface area contributed by atoms with Gasteiger partial charge in [-0.1, -0.05) is 38.0 Å². The smallest absolute Gasteiger partial charge is 0.316 e. The highest BCUT2D eigenvalue weighted by atomic mass is 16.5. The lowest BCUT2D eigenvalue weighted by molar-refractivity contribution is -0.143. The number of hydrogen-bond acceptors (Lipinski definition) is 4. The molecular formula is C16H18O4. The molecule has 1 heterocycles. The van der Waals surface area contributed by atoms with E-state index < -0.39 is 11.9 Å². The second kappa shape index (κ2) is 6.37. The van der Waals surface area contributed by atoms with Gasteiger partial charge in [-0.05, 0) is 12.5 Å². The molecule has 0 saturated heterocycles. The van der Waals surface area contributed by atoms with E-state index in [1.54, 1.807) is 6.07 Å². The number of methoxy groups -OCH3 is 1. The molecule has 2 aromatic rings. The van der Waals surface area contributed by atoms with Crippen LogP contribution in [0.3, 0.4) is 0 Å². The molecule has 1 unspecified atom stereocenters. The quantitative estimate of drug-likeness (QED) is 0.459. The molecule has 0 aliphatic rings. The lowest BCUT2D eigenvalue weighted by Crippen LogP contribution is -2.25. The molecule has 0 fully saturated rings. The van der Waals surface area contributed by atoms with Crippen LogP contribution in [-0.4, -0.2) is 18.9 Å². The molecule has 1 atom stereocenters. The van der Waals surface area contributed by atoms with E-state index in [4.69, 9.17) is 9.15 Å². The third-order valence-corrected chi connectivity index (χ3v) is 3.39. The van der Waals surface area contributed by atoms with Gasteiger partial charge in [-0.25, -0.2) is 0 Å². The summed E-state index contributed by atoms with van der Waals surface area (Å²) in [6.45, 7) is 2.02. The van der Waals surface area contributed by atoms with Crippen molar-refractivity contribution in [1.29, 1.82) is 0 Å². The number of benzene rings is 1. The SMILES string of the molecule is CCCCC(C(=O)OC)C(=O)c1coc2ccccc12. The minimum absolute atomic E-state index is 0.227. The monoisotopic (exact) mass is 274 g/mol. The Morgan fingerprint density at radius 1 is 1.30 bits per heavy atom. The maximum atomic E-state index is 12.6. The Kier molecular flexibility index (Phi) is 4.56. The topological polar surface area (TPSA) is 56.5 Å². The van der Waals surface area contributed by atoms with Crippen LogP contribution < -0.4 is 0 Å². The first-order valence-corrected chi connectivity index (χ1v) is 6.77. The Labute approximate surface area is 117 Å². The van der Waals surface area contributed by atoms with Crippen molar-refractivity contribution in [3.63, 3.8) is 0 Å². The molecule has 0 saturated carbocycles. The molecule has 0 bridgehead atoms. The van der Waals surface area contributed by atoms with Crippen LogP contribution in [0.25, 0.3) is 11.0 Å². The third kappa shape index (κ3) is 2.74. The van der Waals surface area contributed by atoms with Crippen LogP contribution in [0, 0.1) is 5.92 Å². The van der Waals surface area contributed by atoms with Gasteiger partial charge in [-0.15, -0.1) is 0 Å². The van der Waals surface area contributed by atoms with Crippen molar-refractivity contribution >= 4 is 22.7 Å². The van der Waals surface area contributed by atoms with Gasteiger partial charge in [-0.3, -0.25) is 9.59 Å². The first-order valence-electron chi connectivity index (χ1n) is 6.77. The number of fused-ring (bicyclic) bond motifs is 1. The summed E-state index contributed by atoms with van der Waals surface area (Å²) in [5, 5.41) is 0.739. The first kappa shape index (κ1) is 14.3. The fourth-order valence-electron chi connectivity index (χ4n) is 2.26. The highest BCUT2D eigenvalue weighted by molar-refractivity contribution is 6.14. The van der Waals surface area contributed by atoms with Gasteiger partial charge in [0.15, 0.2) is 5.78 Å². The zero-order chi connectivity index (χ0) is 14.5. The van der Waals surface area contributed by atoms with Crippen molar-refractivity contribution in [2.75, 3.05) is 7.11 Å². The lowest BCUT2D eigenvalue weighted by Gasteiger charge is -2.12. The van der Waals surface area contributed by atoms with Gasteiger partial charge in [-0.2, -0.15) is 0 Å². The molecule has 4 heteroatoms. The average Bonchev–Trinajstić information content (AvgIpc) is 2.91. The van der Waals surface area contributed by atoms with Gasteiger partial charge in [0, 0.05) is 5.39 Å². The van der Waals surface area contributed by atoms with E-state index in [9.17, 15) is 9.59 Å². The summed E-state index contributed by atoms with van der Waals surface area (Å²) in [5.41, 5.74) is 1.10. The number of furan rings is 1. The Morgan fingerprint density at radius 2 is 2.05 bits per heavy atom. The maximum Gasteiger partial charge on any atom is 0.316 e. The van der Waals surface area contributed by atoms with E-state index >= 15 is 0 Å². The standard InChI is InChI=1S/C16H18O4/c1-3-4-7-12(16(18)19-2)15(17)13-10-20-14-9-6-5-8-11(13)14/h5-6,8-10,12H,3-4,7H2,1-2H3. The number of Topliss-reactive ketones (excluding diaryl/α,β-unsaturated/α-hetero) is 1. The molecule has 0 radical (unpaired) electrons. The van der Waals surface area contributed by atoms with Crippen LogP contribution in [0.1, 0.15) is 36.5 Å². The molecule has 0 aliphatic heterocycles. The molecular weight excluding hydrogens is 256 g/mol. The van der Waals surface area contributed by atoms with E-state index in [1.807, 2.05) is 25.1 Å². The Balaban J connectivity index is 2.33. The number of esters is 1. The minimum Gasteiger partial charge on any atom is -0.468 e. The largest absolute Gasteiger partial charge is 0.468 e. The zero-order valence-electron chi connectivity index (χ0n) is 11.7. The molecule has 0 N–H and O–H groups in total. The van der Waals surface area contributed by atoms with Gasteiger partial charge in [0.1, 0.15) is 17.8 Å². The number of carbonyl (C=O) groups excluding carboxylic acids is 2. The number of para-hydroxylation sites is 1. The Morgan fingerprint density at radius 3 is 2.75 bits per heavy atom. The molecule has 4 nitrogen and oxygen atoms in total. The van der Waals surface area contributed by atoms with Crippen LogP contribution in [0.2, 0.25) is 0 Å². The van der Waals surface area contributed by atoms with Gasteiger partial charge in [0.25, 0.3) is 0 Å². The maximum absolute atomic E-state index is 12.6. The highest BCUT2D eigenvalue weighted by Gasteiger charge is 2.29. The van der Waals surface area contributed by atoms with Crippen molar-refractivity contribution < 1.29 is 18.7 Å². The van der Waals surface area contributed by atoms with Crippen LogP contribution in [-0.2, 0) is 9.53 Å². The number of ketones is 1. The number of unbranched alkanes of at least 4 members (excludes halogenated alkanes) is 1. The molecule has 2 rings (SSSR count). The number of rotatable bonds is 6. The lowest BCUT2D eigenvalue weighted by atomic mass is 9.92. The van der Waals surface area contributed by atoms with E-state index in [0.29, 0.717) is 17.6 Å². The molecule has 0 aliphatic carbocycles. The van der Waals surface area contributed by atoms with Crippen molar-refractivity contribution in [2.24, 2.45) is 5.92 Å². The number of ether oxygens (including phenoxy) is 1. The highest BCUT2D eigenvalue weighted by Crippen LogP contribution is 2.25. The fraction of sp³-hybridized carbons (Fsp3) is 0.375. The second-order valence-electron chi connectivity index (χ2n) is 4.73. The minimum atomic E-state index is -0.749. The summed E-state index contributed by atoms with van der Waals surface area (Å²) in [6, 6.07) is 7.30. The molecule has 0 spiro atoms. The van der Waals surface area contributed by atoms with E-state index in [2.05, 4.69) is 0 Å². The molecule has 1 aromatic carbocycles. The van der Waals surface area contributed by atoms with Crippen molar-refractivity contribution in [1.82, 2.24) is 0 Å². The van der Waals surface area contributed by atoms with Crippen LogP contribution >= 0.6 is 0 Å². The molecule has 0 amide bonds. The zero-order valence-corrected chi connectivity index (χ0v) is 11.7. The van der Waals surface area contributed by atoms with Crippen molar-refractivity contribution in [3.05, 3.63) is 36.1 Å². The normalized spacial score (nSPS) is 12.3. The van der Waals surface area contributed by atoms with E-state index in [-0.39, 0.29) is 5.78 Å². The number of hydrogen-bond donors (Lipinski definition) is 0. The summed E-state index contributed by atoms with van der Waals surface area (Å²) >= 11 is 0. The Hall–Kier alpha value is -2.10.